The SMILES string of the molecule is COC(CC/C=C\CCC(C)=O)OC. The van der Waals surface area contributed by atoms with E-state index in [0.29, 0.717) is 6.42 Å². The molecule has 0 unspecified atom stereocenters. The van der Waals surface area contributed by atoms with Gasteiger partial charge in [0.2, 0.25) is 0 Å². The van der Waals surface area contributed by atoms with Crippen LogP contribution in [0, 0.1) is 0 Å². The van der Waals surface area contributed by atoms with Crippen molar-refractivity contribution in [3.05, 3.63) is 12.2 Å². The fourth-order valence-electron chi connectivity index (χ4n) is 1.09. The van der Waals surface area contributed by atoms with Gasteiger partial charge in [-0.1, -0.05) is 12.2 Å². The lowest BCUT2D eigenvalue weighted by Gasteiger charge is -2.10. The lowest BCUT2D eigenvalue weighted by molar-refractivity contribution is -0.116. The second-order valence-electron chi connectivity index (χ2n) is 3.19. The Labute approximate surface area is 86.1 Å². The minimum absolute atomic E-state index is 0.118. The Balaban J connectivity index is 3.38. The Morgan fingerprint density at radius 1 is 1.21 bits per heavy atom. The summed E-state index contributed by atoms with van der Waals surface area (Å²) in [5, 5.41) is 0. The van der Waals surface area contributed by atoms with Gasteiger partial charge in [-0.15, -0.1) is 0 Å². The van der Waals surface area contributed by atoms with Gasteiger partial charge in [-0.2, -0.15) is 0 Å². The van der Waals surface area contributed by atoms with Crippen molar-refractivity contribution in [2.75, 3.05) is 14.2 Å². The number of ketones is 1. The van der Waals surface area contributed by atoms with Crippen LogP contribution in [-0.4, -0.2) is 26.3 Å². The number of methoxy groups -OCH3 is 2. The largest absolute Gasteiger partial charge is 0.356 e. The van der Waals surface area contributed by atoms with Gasteiger partial charge in [0.05, 0.1) is 0 Å². The van der Waals surface area contributed by atoms with Gasteiger partial charge < -0.3 is 14.3 Å². The molecule has 0 N–H and O–H groups in total. The molecule has 0 atom stereocenters. The zero-order valence-corrected chi connectivity index (χ0v) is 9.29. The molecule has 0 saturated carbocycles. The molecule has 0 aliphatic carbocycles. The lowest BCUT2D eigenvalue weighted by atomic mass is 10.2. The molecule has 0 aromatic carbocycles. The maximum absolute atomic E-state index is 10.6. The van der Waals surface area contributed by atoms with Crippen LogP contribution in [0.25, 0.3) is 0 Å². The zero-order valence-electron chi connectivity index (χ0n) is 9.29. The summed E-state index contributed by atoms with van der Waals surface area (Å²) in [7, 11) is 3.27. The lowest BCUT2D eigenvalue weighted by Crippen LogP contribution is -2.11. The van der Waals surface area contributed by atoms with Gasteiger partial charge in [-0.3, -0.25) is 0 Å². The second kappa shape index (κ2) is 8.91. The van der Waals surface area contributed by atoms with Crippen LogP contribution in [0.2, 0.25) is 0 Å². The summed E-state index contributed by atoms with van der Waals surface area (Å²) in [5.41, 5.74) is 0. The number of hydrogen-bond donors (Lipinski definition) is 0. The van der Waals surface area contributed by atoms with Crippen LogP contribution in [0.5, 0.6) is 0 Å². The Hall–Kier alpha value is -0.670. The number of ether oxygens (including phenoxy) is 2. The average Bonchev–Trinajstić information content (AvgIpc) is 2.16. The van der Waals surface area contributed by atoms with E-state index in [-0.39, 0.29) is 12.1 Å². The highest BCUT2D eigenvalue weighted by Gasteiger charge is 2.01. The summed E-state index contributed by atoms with van der Waals surface area (Å²) < 4.78 is 10.1. The van der Waals surface area contributed by atoms with Gasteiger partial charge in [-0.25, -0.2) is 0 Å². The van der Waals surface area contributed by atoms with E-state index in [1.165, 1.54) is 0 Å². The molecule has 0 amide bonds. The highest BCUT2D eigenvalue weighted by molar-refractivity contribution is 5.75. The molecule has 0 fully saturated rings. The van der Waals surface area contributed by atoms with Gasteiger partial charge in [0.25, 0.3) is 0 Å². The van der Waals surface area contributed by atoms with Crippen LogP contribution in [0.15, 0.2) is 12.2 Å². The molecule has 0 spiro atoms. The van der Waals surface area contributed by atoms with E-state index in [0.717, 1.165) is 19.3 Å². The molecular formula is C11H20O3. The summed E-state index contributed by atoms with van der Waals surface area (Å²) in [6, 6.07) is 0. The third kappa shape index (κ3) is 7.95. The van der Waals surface area contributed by atoms with Crippen molar-refractivity contribution in [1.82, 2.24) is 0 Å². The van der Waals surface area contributed by atoms with Gasteiger partial charge >= 0.3 is 0 Å². The molecule has 0 aliphatic heterocycles. The first-order chi connectivity index (χ1) is 6.70. The molecule has 0 aromatic heterocycles. The number of Topliss-reactive ketones (excluding diaryl/α,β-unsaturated/α-hetero) is 1. The summed E-state index contributed by atoms with van der Waals surface area (Å²) >= 11 is 0. The van der Waals surface area contributed by atoms with E-state index in [2.05, 4.69) is 6.08 Å². The van der Waals surface area contributed by atoms with E-state index in [9.17, 15) is 4.79 Å². The Kier molecular flexibility index (Phi) is 8.48. The van der Waals surface area contributed by atoms with E-state index in [1.54, 1.807) is 21.1 Å². The number of allylic oxidation sites excluding steroid dienone is 2. The monoisotopic (exact) mass is 200 g/mol. The fourth-order valence-corrected chi connectivity index (χ4v) is 1.09. The first-order valence-corrected chi connectivity index (χ1v) is 4.90. The molecular weight excluding hydrogens is 180 g/mol. The molecule has 0 radical (unpaired) electrons. The van der Waals surface area contributed by atoms with Gasteiger partial charge in [0.1, 0.15) is 5.78 Å². The third-order valence-electron chi connectivity index (χ3n) is 1.92. The average molecular weight is 200 g/mol. The minimum atomic E-state index is -0.118. The summed E-state index contributed by atoms with van der Waals surface area (Å²) in [6.07, 6.45) is 7.22. The molecule has 3 nitrogen and oxygen atoms in total. The van der Waals surface area contributed by atoms with Gasteiger partial charge in [0.15, 0.2) is 6.29 Å². The number of carbonyl (C=O) groups excluding carboxylic acids is 1. The fraction of sp³-hybridized carbons (Fsp3) is 0.727. The van der Waals surface area contributed by atoms with Crippen molar-refractivity contribution in [2.45, 2.75) is 38.9 Å². The van der Waals surface area contributed by atoms with Crippen molar-refractivity contribution >= 4 is 5.78 Å². The predicted octanol–water partition coefficient (Wildman–Crippen LogP) is 2.31. The van der Waals surface area contributed by atoms with Crippen LogP contribution in [-0.2, 0) is 14.3 Å². The van der Waals surface area contributed by atoms with Gasteiger partial charge in [0, 0.05) is 27.1 Å². The molecule has 0 aliphatic rings. The molecule has 0 bridgehead atoms. The van der Waals surface area contributed by atoms with Gasteiger partial charge in [-0.05, 0) is 19.8 Å². The molecule has 0 saturated heterocycles. The number of rotatable bonds is 8. The van der Waals surface area contributed by atoms with Crippen LogP contribution < -0.4 is 0 Å². The van der Waals surface area contributed by atoms with Crippen molar-refractivity contribution in [3.8, 4) is 0 Å². The normalized spacial score (nSPS) is 11.4. The molecule has 0 aromatic rings. The maximum atomic E-state index is 10.6. The van der Waals surface area contributed by atoms with E-state index in [1.807, 2.05) is 6.08 Å². The standard InChI is InChI=1S/C11H20O3/c1-10(12)8-6-4-5-7-9-11(13-2)14-3/h4-5,11H,6-9H2,1-3H3/b5-4-. The third-order valence-corrected chi connectivity index (χ3v) is 1.92. The Morgan fingerprint density at radius 3 is 2.29 bits per heavy atom. The maximum Gasteiger partial charge on any atom is 0.157 e. The molecule has 14 heavy (non-hydrogen) atoms. The molecule has 3 heteroatoms. The van der Waals surface area contributed by atoms with E-state index in [4.69, 9.17) is 9.47 Å². The van der Waals surface area contributed by atoms with Crippen molar-refractivity contribution < 1.29 is 14.3 Å². The first kappa shape index (κ1) is 13.3. The quantitative estimate of drug-likeness (QED) is 0.445. The zero-order chi connectivity index (χ0) is 10.8. The molecule has 82 valence electrons. The van der Waals surface area contributed by atoms with Crippen LogP contribution in [0.1, 0.15) is 32.6 Å². The van der Waals surface area contributed by atoms with Crippen LogP contribution in [0.3, 0.4) is 0 Å². The molecule has 0 heterocycles. The van der Waals surface area contributed by atoms with E-state index < -0.39 is 0 Å². The summed E-state index contributed by atoms with van der Waals surface area (Å²) in [4.78, 5) is 10.6. The predicted molar refractivity (Wildman–Crippen MR) is 56.1 cm³/mol. The Bertz CT molecular complexity index is 171. The van der Waals surface area contributed by atoms with Crippen molar-refractivity contribution in [2.24, 2.45) is 0 Å². The minimum Gasteiger partial charge on any atom is -0.356 e. The summed E-state index contributed by atoms with van der Waals surface area (Å²) in [6.45, 7) is 1.61. The molecule has 0 rings (SSSR count). The summed E-state index contributed by atoms with van der Waals surface area (Å²) in [5.74, 6) is 0.237. The Morgan fingerprint density at radius 2 is 1.79 bits per heavy atom. The highest BCUT2D eigenvalue weighted by atomic mass is 16.7. The smallest absolute Gasteiger partial charge is 0.157 e. The highest BCUT2D eigenvalue weighted by Crippen LogP contribution is 2.03. The van der Waals surface area contributed by atoms with Crippen molar-refractivity contribution in [1.29, 1.82) is 0 Å². The first-order valence-electron chi connectivity index (χ1n) is 4.90. The van der Waals surface area contributed by atoms with Crippen LogP contribution >= 0.6 is 0 Å². The van der Waals surface area contributed by atoms with E-state index >= 15 is 0 Å². The topological polar surface area (TPSA) is 35.5 Å². The number of hydrogen-bond acceptors (Lipinski definition) is 3. The van der Waals surface area contributed by atoms with Crippen molar-refractivity contribution in [3.63, 3.8) is 0 Å². The second-order valence-corrected chi connectivity index (χ2v) is 3.19. The van der Waals surface area contributed by atoms with Crippen LogP contribution in [0.4, 0.5) is 0 Å². The number of carbonyl (C=O) groups is 1.